The summed E-state index contributed by atoms with van der Waals surface area (Å²) in [4.78, 5) is 12.5. The van der Waals surface area contributed by atoms with Gasteiger partial charge in [-0.15, -0.1) is 0 Å². The van der Waals surface area contributed by atoms with Gasteiger partial charge in [0, 0.05) is 17.0 Å². The van der Waals surface area contributed by atoms with E-state index in [1.807, 2.05) is 13.0 Å². The second kappa shape index (κ2) is 8.76. The Morgan fingerprint density at radius 1 is 1.25 bits per heavy atom. The lowest BCUT2D eigenvalue weighted by atomic mass is 10.2. The fourth-order valence-corrected chi connectivity index (χ4v) is 4.31. The summed E-state index contributed by atoms with van der Waals surface area (Å²) in [6.45, 7) is 8.69. The molecule has 0 fully saturated rings. The third-order valence-corrected chi connectivity index (χ3v) is 5.73. The summed E-state index contributed by atoms with van der Waals surface area (Å²) < 4.78 is 25.8. The molecule has 136 valence electrons. The average Bonchev–Trinajstić information content (AvgIpc) is 2.47. The number of para-hydroxylation sites is 1. The van der Waals surface area contributed by atoms with Crippen molar-refractivity contribution in [3.63, 3.8) is 0 Å². The first kappa shape index (κ1) is 20.8. The number of thioether (sulfide) groups is 1. The minimum atomic E-state index is -3.56. The van der Waals surface area contributed by atoms with Gasteiger partial charge in [0.1, 0.15) is 6.04 Å². The highest BCUT2D eigenvalue weighted by atomic mass is 32.2. The predicted octanol–water partition coefficient (Wildman–Crippen LogP) is 2.88. The number of nitrogens with one attached hydrogen (secondary N) is 1. The minimum absolute atomic E-state index is 0.137. The van der Waals surface area contributed by atoms with Crippen LogP contribution in [0.25, 0.3) is 0 Å². The number of anilines is 1. The van der Waals surface area contributed by atoms with Gasteiger partial charge in [0.15, 0.2) is 0 Å². The maximum Gasteiger partial charge on any atom is 0.243 e. The minimum Gasteiger partial charge on any atom is -0.353 e. The van der Waals surface area contributed by atoms with E-state index in [4.69, 9.17) is 0 Å². The fraction of sp³-hybridized carbons (Fsp3) is 0.588. The smallest absolute Gasteiger partial charge is 0.243 e. The molecule has 1 unspecified atom stereocenters. The summed E-state index contributed by atoms with van der Waals surface area (Å²) in [5, 5.41) is 2.86. The molecule has 24 heavy (non-hydrogen) atoms. The van der Waals surface area contributed by atoms with Gasteiger partial charge in [0.2, 0.25) is 15.9 Å². The molecule has 0 heterocycles. The standard InChI is InChI=1S/C17H28N2O3S2/c1-6-15(16(20)18-12-13-23-17(2,3)4)19(24(5,21)22)14-10-8-7-9-11-14/h7-11,15H,6,12-13H2,1-5H3,(H,18,20). The predicted molar refractivity (Wildman–Crippen MR) is 103 cm³/mol. The molecule has 1 amide bonds. The number of sulfonamides is 1. The van der Waals surface area contributed by atoms with E-state index in [0.29, 0.717) is 18.7 Å². The quantitative estimate of drug-likeness (QED) is 0.713. The van der Waals surface area contributed by atoms with Crippen molar-refractivity contribution in [1.29, 1.82) is 0 Å². The van der Waals surface area contributed by atoms with E-state index < -0.39 is 16.1 Å². The highest BCUT2D eigenvalue weighted by Crippen LogP contribution is 2.23. The molecular weight excluding hydrogens is 344 g/mol. The van der Waals surface area contributed by atoms with Crippen LogP contribution < -0.4 is 9.62 Å². The Labute approximate surface area is 150 Å². The van der Waals surface area contributed by atoms with Crippen LogP contribution in [0.4, 0.5) is 5.69 Å². The molecule has 0 radical (unpaired) electrons. The van der Waals surface area contributed by atoms with Gasteiger partial charge in [-0.2, -0.15) is 11.8 Å². The molecule has 1 atom stereocenters. The van der Waals surface area contributed by atoms with E-state index in [-0.39, 0.29) is 10.7 Å². The van der Waals surface area contributed by atoms with Crippen LogP contribution in [0.3, 0.4) is 0 Å². The van der Waals surface area contributed by atoms with E-state index in [1.165, 1.54) is 4.31 Å². The van der Waals surface area contributed by atoms with Crippen molar-refractivity contribution in [2.75, 3.05) is 22.9 Å². The van der Waals surface area contributed by atoms with Gasteiger partial charge in [0.25, 0.3) is 0 Å². The zero-order valence-electron chi connectivity index (χ0n) is 15.1. The zero-order chi connectivity index (χ0) is 18.4. The highest BCUT2D eigenvalue weighted by molar-refractivity contribution is 8.00. The topological polar surface area (TPSA) is 66.5 Å². The molecule has 0 aliphatic rings. The van der Waals surface area contributed by atoms with Crippen molar-refractivity contribution in [3.05, 3.63) is 30.3 Å². The number of rotatable bonds is 8. The lowest BCUT2D eigenvalue weighted by molar-refractivity contribution is -0.122. The Bertz CT molecular complexity index is 625. The van der Waals surface area contributed by atoms with Crippen molar-refractivity contribution < 1.29 is 13.2 Å². The number of benzene rings is 1. The summed E-state index contributed by atoms with van der Waals surface area (Å²) in [5.74, 6) is 0.525. The maximum absolute atomic E-state index is 12.5. The van der Waals surface area contributed by atoms with Crippen LogP contribution in [0, 0.1) is 0 Å². The van der Waals surface area contributed by atoms with Gasteiger partial charge < -0.3 is 5.32 Å². The van der Waals surface area contributed by atoms with E-state index in [1.54, 1.807) is 36.0 Å². The van der Waals surface area contributed by atoms with Crippen LogP contribution in [0.2, 0.25) is 0 Å². The molecule has 7 heteroatoms. The summed E-state index contributed by atoms with van der Waals surface area (Å²) in [6.07, 6.45) is 1.53. The normalized spacial score (nSPS) is 13.4. The van der Waals surface area contributed by atoms with Crippen molar-refractivity contribution in [1.82, 2.24) is 5.32 Å². The van der Waals surface area contributed by atoms with Crippen LogP contribution in [-0.2, 0) is 14.8 Å². The lowest BCUT2D eigenvalue weighted by Gasteiger charge is -2.30. The molecule has 1 N–H and O–H groups in total. The van der Waals surface area contributed by atoms with Crippen LogP contribution in [-0.4, -0.2) is 43.7 Å². The molecule has 0 saturated heterocycles. The number of carbonyl (C=O) groups excluding carboxylic acids is 1. The van der Waals surface area contributed by atoms with E-state index in [9.17, 15) is 13.2 Å². The second-order valence-electron chi connectivity index (χ2n) is 6.57. The Balaban J connectivity index is 2.85. The van der Waals surface area contributed by atoms with Gasteiger partial charge in [-0.3, -0.25) is 9.10 Å². The molecule has 0 spiro atoms. The van der Waals surface area contributed by atoms with Gasteiger partial charge >= 0.3 is 0 Å². The number of nitrogens with zero attached hydrogens (tertiary/aromatic N) is 1. The number of hydrogen-bond acceptors (Lipinski definition) is 4. The van der Waals surface area contributed by atoms with E-state index in [0.717, 1.165) is 12.0 Å². The molecule has 1 aromatic rings. The first-order chi connectivity index (χ1) is 11.1. The zero-order valence-corrected chi connectivity index (χ0v) is 16.7. The molecule has 1 rings (SSSR count). The molecule has 0 aliphatic carbocycles. The van der Waals surface area contributed by atoms with Gasteiger partial charge in [-0.25, -0.2) is 8.42 Å². The van der Waals surface area contributed by atoms with Crippen LogP contribution >= 0.6 is 11.8 Å². The molecule has 0 bridgehead atoms. The van der Waals surface area contributed by atoms with Crippen LogP contribution in [0.5, 0.6) is 0 Å². The van der Waals surface area contributed by atoms with E-state index >= 15 is 0 Å². The number of amides is 1. The fourth-order valence-electron chi connectivity index (χ4n) is 2.28. The first-order valence-corrected chi connectivity index (χ1v) is 10.9. The SMILES string of the molecule is CCC(C(=O)NCCSC(C)(C)C)N(c1ccccc1)S(C)(=O)=O. The summed E-state index contributed by atoms with van der Waals surface area (Å²) in [6, 6.07) is 7.99. The molecule has 1 aromatic carbocycles. The lowest BCUT2D eigenvalue weighted by Crippen LogP contribution is -2.49. The van der Waals surface area contributed by atoms with Gasteiger partial charge in [-0.05, 0) is 18.6 Å². The van der Waals surface area contributed by atoms with Crippen molar-refractivity contribution in [2.24, 2.45) is 0 Å². The molecule has 0 aliphatic heterocycles. The Kier molecular flexibility index (Phi) is 7.60. The third kappa shape index (κ3) is 6.73. The van der Waals surface area contributed by atoms with Crippen molar-refractivity contribution >= 4 is 33.4 Å². The maximum atomic E-state index is 12.5. The second-order valence-corrected chi connectivity index (χ2v) is 10.4. The van der Waals surface area contributed by atoms with Gasteiger partial charge in [0.05, 0.1) is 11.9 Å². The summed E-state index contributed by atoms with van der Waals surface area (Å²) in [5.41, 5.74) is 0.506. The highest BCUT2D eigenvalue weighted by Gasteiger charge is 2.31. The molecule has 5 nitrogen and oxygen atoms in total. The Hall–Kier alpha value is -1.21. The molecule has 0 aromatic heterocycles. The Morgan fingerprint density at radius 3 is 2.29 bits per heavy atom. The van der Waals surface area contributed by atoms with Crippen molar-refractivity contribution in [3.8, 4) is 0 Å². The van der Waals surface area contributed by atoms with Crippen molar-refractivity contribution in [2.45, 2.75) is 44.9 Å². The third-order valence-electron chi connectivity index (χ3n) is 3.28. The average molecular weight is 373 g/mol. The summed E-state index contributed by atoms with van der Waals surface area (Å²) in [7, 11) is -3.56. The molecular formula is C17H28N2O3S2. The van der Waals surface area contributed by atoms with Crippen LogP contribution in [0.15, 0.2) is 30.3 Å². The van der Waals surface area contributed by atoms with Crippen LogP contribution in [0.1, 0.15) is 34.1 Å². The number of carbonyl (C=O) groups is 1. The monoisotopic (exact) mass is 372 g/mol. The molecule has 0 saturated carbocycles. The van der Waals surface area contributed by atoms with Gasteiger partial charge in [-0.1, -0.05) is 45.9 Å². The number of hydrogen-bond donors (Lipinski definition) is 1. The Morgan fingerprint density at radius 2 is 1.83 bits per heavy atom. The largest absolute Gasteiger partial charge is 0.353 e. The summed E-state index contributed by atoms with van der Waals surface area (Å²) >= 11 is 1.76. The first-order valence-electron chi connectivity index (χ1n) is 8.02. The van der Waals surface area contributed by atoms with E-state index in [2.05, 4.69) is 26.1 Å².